The van der Waals surface area contributed by atoms with Crippen molar-refractivity contribution in [1.82, 2.24) is 4.90 Å². The van der Waals surface area contributed by atoms with E-state index in [2.05, 4.69) is 39.5 Å². The first-order chi connectivity index (χ1) is 16.1. The highest BCUT2D eigenvalue weighted by molar-refractivity contribution is 8.26. The molecule has 3 rings (SSSR count). The molecule has 1 aliphatic heterocycles. The Bertz CT molecular complexity index is 1110. The second kappa shape index (κ2) is 11.3. The quantitative estimate of drug-likeness (QED) is 0.164. The molecular weight excluding hydrogens is 490 g/mol. The van der Waals surface area contributed by atoms with Crippen molar-refractivity contribution < 1.29 is 19.0 Å². The zero-order chi connectivity index (χ0) is 24.9. The highest BCUT2D eigenvalue weighted by atomic mass is 35.5. The monoisotopic (exact) mass is 517 g/mol. The molecule has 34 heavy (non-hydrogen) atoms. The third-order valence-electron chi connectivity index (χ3n) is 5.05. The summed E-state index contributed by atoms with van der Waals surface area (Å²) in [5, 5.41) is 0.377. The van der Waals surface area contributed by atoms with Crippen LogP contribution in [0.1, 0.15) is 31.9 Å². The van der Waals surface area contributed by atoms with E-state index in [0.717, 1.165) is 5.75 Å². The molecule has 0 aromatic heterocycles. The maximum absolute atomic E-state index is 12.6. The molecule has 0 bridgehead atoms. The lowest BCUT2D eigenvalue weighted by Gasteiger charge is -2.19. The van der Waals surface area contributed by atoms with Crippen molar-refractivity contribution in [2.75, 3.05) is 26.9 Å². The van der Waals surface area contributed by atoms with Gasteiger partial charge in [-0.1, -0.05) is 74.6 Å². The number of hydrogen-bond donors (Lipinski definition) is 0. The summed E-state index contributed by atoms with van der Waals surface area (Å²) in [7, 11) is 1.54. The van der Waals surface area contributed by atoms with Gasteiger partial charge in [0.05, 0.1) is 17.0 Å². The third kappa shape index (κ3) is 6.34. The van der Waals surface area contributed by atoms with Gasteiger partial charge in [0.1, 0.15) is 23.3 Å². The van der Waals surface area contributed by atoms with Crippen LogP contribution in [-0.2, 0) is 10.2 Å². The highest BCUT2D eigenvalue weighted by Crippen LogP contribution is 2.39. The predicted molar refractivity (Wildman–Crippen MR) is 144 cm³/mol. The van der Waals surface area contributed by atoms with E-state index in [0.29, 0.717) is 44.5 Å². The number of carbonyl (C=O) groups excluding carboxylic acids is 1. The molecule has 1 saturated heterocycles. The Morgan fingerprint density at radius 1 is 1.15 bits per heavy atom. The van der Waals surface area contributed by atoms with Crippen LogP contribution in [-0.4, -0.2) is 42.0 Å². The number of amides is 1. The first kappa shape index (κ1) is 26.1. The van der Waals surface area contributed by atoms with Crippen LogP contribution in [0, 0.1) is 0 Å². The van der Waals surface area contributed by atoms with E-state index in [1.165, 1.54) is 22.2 Å². The zero-order valence-electron chi connectivity index (χ0n) is 19.7. The molecule has 0 atom stereocenters. The molecule has 1 aliphatic rings. The molecular formula is C26H28ClNO4S2. The Hall–Kier alpha value is -2.48. The molecule has 0 saturated carbocycles. The average Bonchev–Trinajstić information content (AvgIpc) is 3.04. The maximum atomic E-state index is 12.6. The molecule has 1 fully saturated rings. The van der Waals surface area contributed by atoms with Gasteiger partial charge in [-0.2, -0.15) is 0 Å². The van der Waals surface area contributed by atoms with Gasteiger partial charge in [-0.3, -0.25) is 9.69 Å². The number of carbonyl (C=O) groups is 1. The maximum Gasteiger partial charge on any atom is 0.266 e. The minimum absolute atomic E-state index is 0.0949. The van der Waals surface area contributed by atoms with Crippen molar-refractivity contribution in [3.05, 3.63) is 70.1 Å². The molecule has 180 valence electrons. The molecule has 0 radical (unpaired) electrons. The molecule has 0 N–H and O–H groups in total. The molecule has 5 nitrogen and oxygen atoms in total. The van der Waals surface area contributed by atoms with Crippen molar-refractivity contribution in [2.24, 2.45) is 0 Å². The van der Waals surface area contributed by atoms with Crippen molar-refractivity contribution in [1.29, 1.82) is 0 Å². The molecule has 0 spiro atoms. The smallest absolute Gasteiger partial charge is 0.266 e. The SMILES string of the molecule is C=CCN1C(=O)/C(=C/c2cc(Cl)c(OCCOc3ccc(C(C)(C)C)cc3)c(OC)c2)SC1=S. The van der Waals surface area contributed by atoms with E-state index in [-0.39, 0.29) is 17.9 Å². The summed E-state index contributed by atoms with van der Waals surface area (Å²) in [6, 6.07) is 11.6. The molecule has 0 aliphatic carbocycles. The highest BCUT2D eigenvalue weighted by Gasteiger charge is 2.31. The second-order valence-corrected chi connectivity index (χ2v) is 10.7. The van der Waals surface area contributed by atoms with Crippen molar-refractivity contribution in [3.63, 3.8) is 0 Å². The van der Waals surface area contributed by atoms with E-state index in [9.17, 15) is 4.79 Å². The summed E-state index contributed by atoms with van der Waals surface area (Å²) in [6.07, 6.45) is 3.38. The normalized spacial score (nSPS) is 15.1. The number of rotatable bonds is 9. The predicted octanol–water partition coefficient (Wildman–Crippen LogP) is 6.49. The van der Waals surface area contributed by atoms with Gasteiger partial charge in [0.15, 0.2) is 11.5 Å². The van der Waals surface area contributed by atoms with Gasteiger partial charge in [0, 0.05) is 6.54 Å². The number of thiocarbonyl (C=S) groups is 1. The standard InChI is InChI=1S/C26H28ClNO4S2/c1-6-11-28-24(29)22(34-25(28)33)16-17-14-20(27)23(21(15-17)30-5)32-13-12-31-19-9-7-18(8-10-19)26(2,3)4/h6-10,14-16H,1,11-13H2,2-5H3/b22-16-. The third-order valence-corrected chi connectivity index (χ3v) is 6.71. The lowest BCUT2D eigenvalue weighted by Crippen LogP contribution is -2.27. The van der Waals surface area contributed by atoms with E-state index < -0.39 is 0 Å². The Morgan fingerprint density at radius 2 is 1.82 bits per heavy atom. The largest absolute Gasteiger partial charge is 0.493 e. The second-order valence-electron chi connectivity index (χ2n) is 8.59. The number of halogens is 1. The van der Waals surface area contributed by atoms with Crippen LogP contribution in [0.2, 0.25) is 5.02 Å². The zero-order valence-corrected chi connectivity index (χ0v) is 22.1. The average molecular weight is 518 g/mol. The van der Waals surface area contributed by atoms with E-state index >= 15 is 0 Å². The summed E-state index contributed by atoms with van der Waals surface area (Å²) in [5.41, 5.74) is 2.05. The molecule has 8 heteroatoms. The summed E-state index contributed by atoms with van der Waals surface area (Å²) < 4.78 is 17.6. The van der Waals surface area contributed by atoms with Crippen molar-refractivity contribution >= 4 is 51.9 Å². The van der Waals surface area contributed by atoms with Crippen LogP contribution in [0.3, 0.4) is 0 Å². The van der Waals surface area contributed by atoms with Crippen molar-refractivity contribution in [2.45, 2.75) is 26.2 Å². The Labute approximate surface area is 215 Å². The fraction of sp³-hybridized carbons (Fsp3) is 0.308. The molecule has 1 amide bonds. The molecule has 0 unspecified atom stereocenters. The minimum Gasteiger partial charge on any atom is -0.493 e. The van der Waals surface area contributed by atoms with Gasteiger partial charge in [-0.15, -0.1) is 6.58 Å². The first-order valence-corrected chi connectivity index (χ1v) is 12.3. The summed E-state index contributed by atoms with van der Waals surface area (Å²) in [6.45, 7) is 11.2. The van der Waals surface area contributed by atoms with Crippen LogP contribution in [0.15, 0.2) is 54.0 Å². The number of nitrogens with zero attached hydrogens (tertiary/aromatic N) is 1. The lowest BCUT2D eigenvalue weighted by atomic mass is 9.87. The molecule has 1 heterocycles. The summed E-state index contributed by atoms with van der Waals surface area (Å²) in [4.78, 5) is 14.6. The first-order valence-electron chi connectivity index (χ1n) is 10.7. The fourth-order valence-electron chi connectivity index (χ4n) is 3.26. The summed E-state index contributed by atoms with van der Waals surface area (Å²) >= 11 is 13.0. The Kier molecular flexibility index (Phi) is 8.68. The van der Waals surface area contributed by atoms with Crippen LogP contribution in [0.5, 0.6) is 17.2 Å². The lowest BCUT2D eigenvalue weighted by molar-refractivity contribution is -0.121. The van der Waals surface area contributed by atoms with Crippen molar-refractivity contribution in [3.8, 4) is 17.2 Å². The van der Waals surface area contributed by atoms with Crippen LogP contribution in [0.25, 0.3) is 6.08 Å². The van der Waals surface area contributed by atoms with Gasteiger partial charge in [0.25, 0.3) is 5.91 Å². The molecule has 2 aromatic carbocycles. The van der Waals surface area contributed by atoms with E-state index in [4.69, 9.17) is 38.0 Å². The van der Waals surface area contributed by atoms with Crippen LogP contribution in [0.4, 0.5) is 0 Å². The number of hydrogen-bond acceptors (Lipinski definition) is 6. The summed E-state index contributed by atoms with van der Waals surface area (Å²) in [5.74, 6) is 1.51. The van der Waals surface area contributed by atoms with Gasteiger partial charge < -0.3 is 14.2 Å². The number of benzene rings is 2. The van der Waals surface area contributed by atoms with Crippen LogP contribution < -0.4 is 14.2 Å². The number of methoxy groups -OCH3 is 1. The Morgan fingerprint density at radius 3 is 2.44 bits per heavy atom. The van der Waals surface area contributed by atoms with Crippen LogP contribution >= 0.6 is 35.6 Å². The molecule has 2 aromatic rings. The fourth-order valence-corrected chi connectivity index (χ4v) is 4.80. The number of thioether (sulfide) groups is 1. The van der Waals surface area contributed by atoms with E-state index in [1.807, 2.05) is 12.1 Å². The topological polar surface area (TPSA) is 48.0 Å². The minimum atomic E-state index is -0.155. The van der Waals surface area contributed by atoms with E-state index in [1.54, 1.807) is 31.4 Å². The van der Waals surface area contributed by atoms with Gasteiger partial charge in [0.2, 0.25) is 0 Å². The van der Waals surface area contributed by atoms with Gasteiger partial charge >= 0.3 is 0 Å². The van der Waals surface area contributed by atoms with Gasteiger partial charge in [-0.25, -0.2) is 0 Å². The number of ether oxygens (including phenoxy) is 3. The van der Waals surface area contributed by atoms with Gasteiger partial charge in [-0.05, 0) is 46.9 Å². The Balaban J connectivity index is 1.64.